The number of hydrogen-bond donors (Lipinski definition) is 7. The van der Waals surface area contributed by atoms with Crippen LogP contribution in [0.5, 0.6) is 0 Å². The van der Waals surface area contributed by atoms with Crippen LogP contribution in [0.4, 0.5) is 11.4 Å². The smallest absolute Gasteiger partial charge is 0.365 e. The number of hydrogen-bond acceptors (Lipinski definition) is 7. The minimum absolute atomic E-state index is 0.0378. The fourth-order valence-electron chi connectivity index (χ4n) is 2.74. The highest BCUT2D eigenvalue weighted by Crippen LogP contribution is 2.21. The van der Waals surface area contributed by atoms with Gasteiger partial charge in [-0.3, -0.25) is 19.8 Å². The van der Waals surface area contributed by atoms with Crippen LogP contribution in [0, 0.1) is 11.3 Å². The molecule has 12 nitrogen and oxygen atoms in total. The third-order valence-corrected chi connectivity index (χ3v) is 4.43. The Morgan fingerprint density at radius 1 is 1.15 bits per heavy atom. The fourth-order valence-corrected chi connectivity index (χ4v) is 2.74. The second kappa shape index (κ2) is 11.1. The number of rotatable bonds is 8. The molecule has 0 radical (unpaired) electrons. The van der Waals surface area contributed by atoms with Crippen LogP contribution in [0.1, 0.15) is 33.2 Å². The number of benzene rings is 2. The number of amides is 2. The van der Waals surface area contributed by atoms with Gasteiger partial charge in [-0.15, -0.1) is 0 Å². The maximum absolute atomic E-state index is 12.3. The molecule has 0 spiro atoms. The highest BCUT2D eigenvalue weighted by Gasteiger charge is 2.19. The Morgan fingerprint density at radius 2 is 1.85 bits per heavy atom. The van der Waals surface area contributed by atoms with E-state index in [9.17, 15) is 19.2 Å². The van der Waals surface area contributed by atoms with E-state index in [4.69, 9.17) is 26.8 Å². The number of guanidine groups is 1. The Morgan fingerprint density at radius 3 is 2.52 bits per heavy atom. The molecule has 0 aromatic heterocycles. The number of nitrogen functional groups attached to an aromatic ring is 1. The van der Waals surface area contributed by atoms with Crippen molar-refractivity contribution in [2.45, 2.75) is 13.3 Å². The lowest BCUT2D eigenvalue weighted by atomic mass is 9.97. The summed E-state index contributed by atoms with van der Waals surface area (Å²) in [6.07, 6.45) is 0.115. The third kappa shape index (κ3) is 7.24. The van der Waals surface area contributed by atoms with Gasteiger partial charge in [0.2, 0.25) is 0 Å². The Bertz CT molecular complexity index is 1090. The fraction of sp³-hybridized carbons (Fsp3) is 0.190. The summed E-state index contributed by atoms with van der Waals surface area (Å²) < 4.78 is 0. The van der Waals surface area contributed by atoms with Crippen molar-refractivity contribution in [3.05, 3.63) is 59.2 Å². The van der Waals surface area contributed by atoms with Crippen molar-refractivity contribution in [2.24, 2.45) is 11.7 Å². The number of carboxylic acid groups (broad SMARTS) is 1. The van der Waals surface area contributed by atoms with E-state index in [1.54, 1.807) is 18.2 Å². The van der Waals surface area contributed by atoms with Gasteiger partial charge in [-0.1, -0.05) is 25.1 Å². The minimum atomic E-state index is -1.00. The van der Waals surface area contributed by atoms with Crippen molar-refractivity contribution in [1.29, 1.82) is 5.41 Å². The van der Waals surface area contributed by atoms with Gasteiger partial charge < -0.3 is 32.0 Å². The number of aliphatic carboxylic acids is 1. The number of carbonyl (C=O) groups excluding carboxylic acids is 3. The van der Waals surface area contributed by atoms with Crippen LogP contribution in [0.2, 0.25) is 0 Å². The van der Waals surface area contributed by atoms with Crippen LogP contribution in [0.15, 0.2) is 42.5 Å². The third-order valence-electron chi connectivity index (χ3n) is 4.43. The van der Waals surface area contributed by atoms with Crippen molar-refractivity contribution in [1.82, 2.24) is 10.8 Å². The van der Waals surface area contributed by atoms with Crippen molar-refractivity contribution in [3.63, 3.8) is 0 Å². The first kappa shape index (κ1) is 24.7. The number of hydroxylamine groups is 1. The van der Waals surface area contributed by atoms with Crippen molar-refractivity contribution in [3.8, 4) is 0 Å². The summed E-state index contributed by atoms with van der Waals surface area (Å²) in [5.74, 6) is -4.33. The van der Waals surface area contributed by atoms with Gasteiger partial charge >= 0.3 is 11.9 Å². The first-order valence-corrected chi connectivity index (χ1v) is 9.68. The van der Waals surface area contributed by atoms with Gasteiger partial charge in [0.25, 0.3) is 11.8 Å². The van der Waals surface area contributed by atoms with E-state index in [1.807, 2.05) is 5.48 Å². The molecule has 0 unspecified atom stereocenters. The van der Waals surface area contributed by atoms with E-state index >= 15 is 0 Å². The number of nitrogens with two attached hydrogens (primary N) is 2. The average Bonchev–Trinajstić information content (AvgIpc) is 2.76. The standard InChI is InChI=1S/C21H24N6O6/c1-11(19(30)31)8-12-4-3-7-15(17(12)22)20(32)33-27-16(28)10-25-18(29)13-5-2-6-14(9-13)26-21(23)24/h2-7,9,11H,8,10,22H2,1H3,(H,25,29)(H,27,28)(H,30,31)(H4,23,24,26)/t11-/m0/s1. The lowest BCUT2D eigenvalue weighted by Gasteiger charge is -2.13. The van der Waals surface area contributed by atoms with E-state index in [1.165, 1.54) is 31.2 Å². The molecular weight excluding hydrogens is 432 g/mol. The molecule has 1 atom stereocenters. The molecule has 0 saturated carbocycles. The zero-order valence-electron chi connectivity index (χ0n) is 17.7. The Balaban J connectivity index is 1.90. The summed E-state index contributed by atoms with van der Waals surface area (Å²) in [6, 6.07) is 10.6. The van der Waals surface area contributed by atoms with Crippen LogP contribution in [0.25, 0.3) is 0 Å². The van der Waals surface area contributed by atoms with Crippen LogP contribution in [-0.4, -0.2) is 41.4 Å². The molecule has 2 aromatic carbocycles. The maximum atomic E-state index is 12.3. The van der Waals surface area contributed by atoms with Crippen LogP contribution >= 0.6 is 0 Å². The first-order chi connectivity index (χ1) is 15.6. The topological polar surface area (TPSA) is 210 Å². The molecular formula is C21H24N6O6. The molecule has 2 rings (SSSR count). The predicted octanol–water partition coefficient (Wildman–Crippen LogP) is 0.455. The number of anilines is 2. The highest BCUT2D eigenvalue weighted by atomic mass is 16.7. The van der Waals surface area contributed by atoms with Gasteiger partial charge in [-0.25, -0.2) is 4.79 Å². The summed E-state index contributed by atoms with van der Waals surface area (Å²) in [5.41, 5.74) is 14.2. The maximum Gasteiger partial charge on any atom is 0.365 e. The Hall–Kier alpha value is -4.61. The van der Waals surface area contributed by atoms with E-state index < -0.39 is 36.2 Å². The molecule has 12 heteroatoms. The quantitative estimate of drug-likeness (QED) is 0.127. The van der Waals surface area contributed by atoms with Gasteiger partial charge in [-0.2, -0.15) is 5.48 Å². The zero-order chi connectivity index (χ0) is 24.5. The van der Waals surface area contributed by atoms with Gasteiger partial charge in [-0.05, 0) is 36.2 Å². The van der Waals surface area contributed by atoms with E-state index in [0.29, 0.717) is 11.3 Å². The molecule has 2 amide bonds. The summed E-state index contributed by atoms with van der Waals surface area (Å²) >= 11 is 0. The van der Waals surface area contributed by atoms with Crippen LogP contribution in [-0.2, 0) is 20.8 Å². The average molecular weight is 456 g/mol. The lowest BCUT2D eigenvalue weighted by molar-refractivity contribution is -0.141. The highest BCUT2D eigenvalue weighted by molar-refractivity contribution is 5.99. The van der Waals surface area contributed by atoms with E-state index in [-0.39, 0.29) is 29.2 Å². The zero-order valence-corrected chi connectivity index (χ0v) is 17.7. The normalized spacial score (nSPS) is 11.1. The van der Waals surface area contributed by atoms with Crippen LogP contribution in [0.3, 0.4) is 0 Å². The monoisotopic (exact) mass is 456 g/mol. The molecule has 9 N–H and O–H groups in total. The number of carbonyl (C=O) groups is 4. The minimum Gasteiger partial charge on any atom is -0.481 e. The molecule has 0 aliphatic heterocycles. The molecule has 0 aliphatic rings. The predicted molar refractivity (Wildman–Crippen MR) is 119 cm³/mol. The Labute approximate surface area is 188 Å². The summed E-state index contributed by atoms with van der Waals surface area (Å²) in [6.45, 7) is 1.03. The molecule has 174 valence electrons. The second-order valence-electron chi connectivity index (χ2n) is 7.04. The second-order valence-corrected chi connectivity index (χ2v) is 7.04. The molecule has 0 fully saturated rings. The van der Waals surface area contributed by atoms with Gasteiger partial charge in [0, 0.05) is 16.9 Å². The largest absolute Gasteiger partial charge is 0.481 e. The van der Waals surface area contributed by atoms with Gasteiger partial charge in [0.05, 0.1) is 18.0 Å². The molecule has 0 heterocycles. The van der Waals surface area contributed by atoms with Gasteiger partial charge in [0.15, 0.2) is 5.96 Å². The molecule has 0 saturated heterocycles. The Kier molecular flexibility index (Phi) is 8.32. The number of carboxylic acids is 1. The van der Waals surface area contributed by atoms with Gasteiger partial charge in [0.1, 0.15) is 0 Å². The van der Waals surface area contributed by atoms with E-state index in [0.717, 1.165) is 0 Å². The van der Waals surface area contributed by atoms with E-state index in [2.05, 4.69) is 10.6 Å². The van der Waals surface area contributed by atoms with Crippen molar-refractivity contribution in [2.75, 3.05) is 17.6 Å². The number of para-hydroxylation sites is 1. The SMILES string of the molecule is C[C@@H](Cc1cccc(C(=O)ONC(=O)CNC(=O)c2cccc(NC(=N)N)c2)c1N)C(=O)O. The summed E-state index contributed by atoms with van der Waals surface area (Å²) in [4.78, 5) is 52.2. The molecule has 2 aromatic rings. The van der Waals surface area contributed by atoms with Crippen molar-refractivity contribution < 1.29 is 29.1 Å². The summed E-state index contributed by atoms with van der Waals surface area (Å²) in [5, 5.41) is 21.1. The molecule has 0 bridgehead atoms. The first-order valence-electron chi connectivity index (χ1n) is 9.68. The van der Waals surface area contributed by atoms with Crippen LogP contribution < -0.4 is 27.6 Å². The molecule has 33 heavy (non-hydrogen) atoms. The molecule has 0 aliphatic carbocycles. The lowest BCUT2D eigenvalue weighted by Crippen LogP contribution is -2.38. The summed E-state index contributed by atoms with van der Waals surface area (Å²) in [7, 11) is 0. The number of nitrogens with one attached hydrogen (secondary N) is 4. The van der Waals surface area contributed by atoms with Crippen molar-refractivity contribution >= 4 is 41.1 Å².